The maximum Gasteiger partial charge on any atom is 0.338 e. The highest BCUT2D eigenvalue weighted by atomic mass is 35.5. The summed E-state index contributed by atoms with van der Waals surface area (Å²) in [7, 11) is 0. The highest BCUT2D eigenvalue weighted by Crippen LogP contribution is 2.42. The number of hydrogen-bond donors (Lipinski definition) is 3. The molecule has 2 amide bonds. The van der Waals surface area contributed by atoms with Gasteiger partial charge < -0.3 is 15.7 Å². The van der Waals surface area contributed by atoms with E-state index in [-0.39, 0.29) is 21.0 Å². The molecule has 0 aliphatic heterocycles. The molecule has 0 heterocycles. The average Bonchev–Trinajstić information content (AvgIpc) is 2.79. The van der Waals surface area contributed by atoms with Gasteiger partial charge in [0.05, 0.1) is 36.5 Å². The molecule has 0 saturated carbocycles. The molecule has 0 aromatic heterocycles. The molecule has 1 atom stereocenters. The summed E-state index contributed by atoms with van der Waals surface area (Å²) in [5.74, 6) is -2.66. The Morgan fingerprint density at radius 3 is 1.94 bits per heavy atom. The van der Waals surface area contributed by atoms with Gasteiger partial charge in [-0.25, -0.2) is 4.79 Å². The van der Waals surface area contributed by atoms with Crippen molar-refractivity contribution in [2.75, 3.05) is 10.6 Å². The van der Waals surface area contributed by atoms with Crippen LogP contribution in [0.2, 0.25) is 30.1 Å². The maximum absolute atomic E-state index is 13.0. The zero-order chi connectivity index (χ0) is 26.7. The Bertz CT molecular complexity index is 1360. The van der Waals surface area contributed by atoms with Crippen LogP contribution in [0.5, 0.6) is 0 Å². The van der Waals surface area contributed by atoms with E-state index in [0.717, 1.165) is 0 Å². The van der Waals surface area contributed by atoms with Crippen molar-refractivity contribution in [3.63, 3.8) is 0 Å². The van der Waals surface area contributed by atoms with Crippen molar-refractivity contribution in [2.45, 2.75) is 17.1 Å². The van der Waals surface area contributed by atoms with Crippen molar-refractivity contribution in [1.29, 1.82) is 0 Å². The number of nitrogens with one attached hydrogen (secondary N) is 2. The minimum atomic E-state index is -1.50. The molecule has 0 aliphatic carbocycles. The number of carbonyl (C=O) groups is 3. The Hall–Kier alpha value is -1.84. The number of thioether (sulfide) groups is 1. The van der Waals surface area contributed by atoms with E-state index in [0.29, 0.717) is 26.3 Å². The predicted molar refractivity (Wildman–Crippen MR) is 148 cm³/mol. The number of aromatic carboxylic acids is 1. The van der Waals surface area contributed by atoms with Gasteiger partial charge in [-0.2, -0.15) is 0 Å². The van der Waals surface area contributed by atoms with Gasteiger partial charge in [0.1, 0.15) is 0 Å². The Kier molecular flexibility index (Phi) is 9.68. The zero-order valence-electron chi connectivity index (χ0n) is 18.0. The number of amides is 2. The van der Waals surface area contributed by atoms with E-state index >= 15 is 0 Å². The van der Waals surface area contributed by atoms with Gasteiger partial charge >= 0.3 is 5.97 Å². The summed E-state index contributed by atoms with van der Waals surface area (Å²) in [6.45, 7) is 1.70. The molecule has 0 spiro atoms. The lowest BCUT2D eigenvalue weighted by Crippen LogP contribution is -2.22. The van der Waals surface area contributed by atoms with E-state index < -0.39 is 33.3 Å². The second-order valence-electron chi connectivity index (χ2n) is 7.20. The third-order valence-electron chi connectivity index (χ3n) is 4.61. The summed E-state index contributed by atoms with van der Waals surface area (Å²) in [6, 6.07) is 11.3. The SMILES string of the molecule is CC(Sc1cccc(NC(=O)c2c(Cl)c(Cl)c(Cl)c(Cl)c2C(=O)O)c1)C(=O)Nc1cc(Cl)cc(Cl)c1. The van der Waals surface area contributed by atoms with E-state index in [2.05, 4.69) is 10.6 Å². The lowest BCUT2D eigenvalue weighted by molar-refractivity contribution is -0.115. The van der Waals surface area contributed by atoms with Crippen molar-refractivity contribution in [1.82, 2.24) is 0 Å². The summed E-state index contributed by atoms with van der Waals surface area (Å²) in [5, 5.41) is 13.8. The second-order valence-corrected chi connectivity index (χ2v) is 11.0. The molecule has 3 N–H and O–H groups in total. The molecule has 0 radical (unpaired) electrons. The third kappa shape index (κ3) is 6.72. The fourth-order valence-corrected chi connectivity index (χ4v) is 5.49. The first-order chi connectivity index (χ1) is 16.9. The van der Waals surface area contributed by atoms with Crippen molar-refractivity contribution in [3.05, 3.63) is 83.7 Å². The molecule has 0 fully saturated rings. The first kappa shape index (κ1) is 28.7. The first-order valence-corrected chi connectivity index (χ1v) is 13.0. The average molecular weight is 627 g/mol. The molecular weight excluding hydrogens is 613 g/mol. The Morgan fingerprint density at radius 1 is 0.778 bits per heavy atom. The lowest BCUT2D eigenvalue weighted by Gasteiger charge is -2.15. The van der Waals surface area contributed by atoms with Gasteiger partial charge in [0.25, 0.3) is 5.91 Å². The number of halogens is 6. The molecule has 6 nitrogen and oxygen atoms in total. The van der Waals surface area contributed by atoms with Crippen molar-refractivity contribution in [2.24, 2.45) is 0 Å². The van der Waals surface area contributed by atoms with Gasteiger partial charge in [-0.1, -0.05) is 75.7 Å². The molecule has 3 aromatic carbocycles. The Balaban J connectivity index is 1.78. The van der Waals surface area contributed by atoms with Crippen molar-refractivity contribution in [3.8, 4) is 0 Å². The summed E-state index contributed by atoms with van der Waals surface area (Å²) in [6.07, 6.45) is 0. The molecule has 0 aliphatic rings. The molecule has 36 heavy (non-hydrogen) atoms. The zero-order valence-corrected chi connectivity index (χ0v) is 23.3. The number of anilines is 2. The van der Waals surface area contributed by atoms with Crippen LogP contribution in [0.1, 0.15) is 27.6 Å². The summed E-state index contributed by atoms with van der Waals surface area (Å²) >= 11 is 37.3. The van der Waals surface area contributed by atoms with Gasteiger partial charge in [0.2, 0.25) is 5.91 Å². The van der Waals surface area contributed by atoms with Gasteiger partial charge in [-0.3, -0.25) is 9.59 Å². The van der Waals surface area contributed by atoms with E-state index in [1.54, 1.807) is 49.4 Å². The van der Waals surface area contributed by atoms with Crippen molar-refractivity contribution < 1.29 is 19.5 Å². The molecule has 0 bridgehead atoms. The number of rotatable bonds is 7. The van der Waals surface area contributed by atoms with Crippen molar-refractivity contribution >= 4 is 111 Å². The Morgan fingerprint density at radius 2 is 1.36 bits per heavy atom. The van der Waals surface area contributed by atoms with Crippen LogP contribution in [0, 0.1) is 0 Å². The van der Waals surface area contributed by atoms with Gasteiger partial charge in [-0.15, -0.1) is 11.8 Å². The van der Waals surface area contributed by atoms with Crippen LogP contribution >= 0.6 is 81.4 Å². The van der Waals surface area contributed by atoms with Crippen LogP contribution in [-0.4, -0.2) is 28.1 Å². The number of benzene rings is 3. The van der Waals surface area contributed by atoms with Crippen LogP contribution in [0.25, 0.3) is 0 Å². The number of carboxylic acid groups (broad SMARTS) is 1. The number of hydrogen-bond acceptors (Lipinski definition) is 4. The van der Waals surface area contributed by atoms with Crippen LogP contribution in [0.4, 0.5) is 11.4 Å². The topological polar surface area (TPSA) is 95.5 Å². The largest absolute Gasteiger partial charge is 0.478 e. The van der Waals surface area contributed by atoms with Crippen LogP contribution in [-0.2, 0) is 4.79 Å². The molecular formula is C23H14Cl6N2O4S. The van der Waals surface area contributed by atoms with E-state index in [4.69, 9.17) is 69.6 Å². The fraction of sp³-hybridized carbons (Fsp3) is 0.0870. The van der Waals surface area contributed by atoms with Gasteiger partial charge in [-0.05, 0) is 43.3 Å². The smallest absolute Gasteiger partial charge is 0.338 e. The van der Waals surface area contributed by atoms with Crippen LogP contribution in [0.15, 0.2) is 47.4 Å². The standard InChI is InChI=1S/C23H14Cl6N2O4S/c1-9(21(32)31-13-6-10(24)5-11(25)7-13)36-14-4-2-3-12(8-14)30-22(33)15-16(23(34)35)18(27)20(29)19(28)17(15)26/h2-9H,1H3,(H,30,33)(H,31,32)(H,34,35). The van der Waals surface area contributed by atoms with E-state index in [1.165, 1.54) is 11.8 Å². The van der Waals surface area contributed by atoms with Crippen LogP contribution < -0.4 is 10.6 Å². The number of carboxylic acids is 1. The molecule has 3 rings (SSSR count). The van der Waals surface area contributed by atoms with E-state index in [9.17, 15) is 19.5 Å². The first-order valence-electron chi connectivity index (χ1n) is 9.83. The monoisotopic (exact) mass is 624 g/mol. The predicted octanol–water partition coefficient (Wildman–Crippen LogP) is 8.68. The highest BCUT2D eigenvalue weighted by molar-refractivity contribution is 8.00. The fourth-order valence-electron chi connectivity index (χ4n) is 3.01. The normalized spacial score (nSPS) is 11.6. The maximum atomic E-state index is 13.0. The number of carbonyl (C=O) groups excluding carboxylic acids is 2. The minimum absolute atomic E-state index is 0.247. The summed E-state index contributed by atoms with van der Waals surface area (Å²) < 4.78 is 0. The Labute approximate surface area is 240 Å². The van der Waals surface area contributed by atoms with E-state index in [1.807, 2.05) is 0 Å². The molecule has 3 aromatic rings. The van der Waals surface area contributed by atoms with Crippen LogP contribution in [0.3, 0.4) is 0 Å². The molecule has 0 saturated heterocycles. The van der Waals surface area contributed by atoms with Gasteiger partial charge in [0.15, 0.2) is 0 Å². The molecule has 13 heteroatoms. The summed E-state index contributed by atoms with van der Waals surface area (Å²) in [5.41, 5.74) is -0.244. The summed E-state index contributed by atoms with van der Waals surface area (Å²) in [4.78, 5) is 38.0. The van der Waals surface area contributed by atoms with Gasteiger partial charge in [0, 0.05) is 26.3 Å². The third-order valence-corrected chi connectivity index (χ3v) is 7.94. The molecule has 188 valence electrons. The highest BCUT2D eigenvalue weighted by Gasteiger charge is 2.29. The lowest BCUT2D eigenvalue weighted by atomic mass is 10.1. The molecule has 1 unspecified atom stereocenters. The second kappa shape index (κ2) is 12.1. The quantitative estimate of drug-likeness (QED) is 0.139. The minimum Gasteiger partial charge on any atom is -0.478 e.